The lowest BCUT2D eigenvalue weighted by Crippen LogP contribution is -2.55. The predicted octanol–water partition coefficient (Wildman–Crippen LogP) is 0.697. The molecule has 2 N–H and O–H groups in total. The molecule has 0 aliphatic carbocycles. The topological polar surface area (TPSA) is 77.4 Å². The van der Waals surface area contributed by atoms with Gasteiger partial charge in [-0.3, -0.25) is 4.90 Å². The number of piperazine rings is 1. The maximum absolute atomic E-state index is 11.7. The molecule has 0 aromatic heterocycles. The van der Waals surface area contributed by atoms with E-state index in [-0.39, 0.29) is 12.1 Å². The van der Waals surface area contributed by atoms with Gasteiger partial charge >= 0.3 is 6.09 Å². The van der Waals surface area contributed by atoms with Crippen LogP contribution in [-0.2, 0) is 4.74 Å². The van der Waals surface area contributed by atoms with Crippen molar-refractivity contribution in [2.75, 3.05) is 26.2 Å². The molecular weight excluding hydrogens is 244 g/mol. The quantitative estimate of drug-likeness (QED) is 0.788. The number of nitriles is 1. The zero-order chi connectivity index (χ0) is 14.5. The van der Waals surface area contributed by atoms with Gasteiger partial charge in [0.1, 0.15) is 11.6 Å². The SMILES string of the molecule is CC(NC(=O)OC(C)(C)C)C(C#N)N1CCNCC1. The normalized spacial score (nSPS) is 20.2. The lowest BCUT2D eigenvalue weighted by molar-refractivity contribution is 0.0480. The van der Waals surface area contributed by atoms with Crippen molar-refractivity contribution in [2.24, 2.45) is 0 Å². The average molecular weight is 268 g/mol. The summed E-state index contributed by atoms with van der Waals surface area (Å²) in [7, 11) is 0. The number of nitrogens with zero attached hydrogens (tertiary/aromatic N) is 2. The Morgan fingerprint density at radius 2 is 2.00 bits per heavy atom. The second-order valence-corrected chi connectivity index (χ2v) is 5.79. The summed E-state index contributed by atoms with van der Waals surface area (Å²) >= 11 is 0. The number of hydrogen-bond donors (Lipinski definition) is 2. The first-order valence-electron chi connectivity index (χ1n) is 6.67. The monoisotopic (exact) mass is 268 g/mol. The summed E-state index contributed by atoms with van der Waals surface area (Å²) in [6.07, 6.45) is -0.476. The van der Waals surface area contributed by atoms with Crippen LogP contribution in [0.15, 0.2) is 0 Å². The molecule has 1 aliphatic rings. The van der Waals surface area contributed by atoms with Crippen LogP contribution < -0.4 is 10.6 Å². The first-order valence-corrected chi connectivity index (χ1v) is 6.67. The molecule has 1 rings (SSSR count). The maximum Gasteiger partial charge on any atom is 0.407 e. The van der Waals surface area contributed by atoms with E-state index in [1.807, 2.05) is 27.7 Å². The molecule has 108 valence electrons. The zero-order valence-corrected chi connectivity index (χ0v) is 12.2. The second-order valence-electron chi connectivity index (χ2n) is 5.79. The number of alkyl carbamates (subject to hydrolysis) is 1. The number of rotatable bonds is 3. The largest absolute Gasteiger partial charge is 0.444 e. The van der Waals surface area contributed by atoms with Gasteiger partial charge in [0.15, 0.2) is 0 Å². The second kappa shape index (κ2) is 6.73. The number of carbonyl (C=O) groups excluding carboxylic acids is 1. The van der Waals surface area contributed by atoms with Crippen LogP contribution in [0.2, 0.25) is 0 Å². The molecule has 0 bridgehead atoms. The van der Waals surface area contributed by atoms with Crippen molar-refractivity contribution in [1.82, 2.24) is 15.5 Å². The Hall–Kier alpha value is -1.32. The minimum absolute atomic E-state index is 0.266. The van der Waals surface area contributed by atoms with Gasteiger partial charge in [0.05, 0.1) is 12.1 Å². The summed E-state index contributed by atoms with van der Waals surface area (Å²) < 4.78 is 5.20. The van der Waals surface area contributed by atoms with Crippen molar-refractivity contribution in [3.63, 3.8) is 0 Å². The Balaban J connectivity index is 2.52. The summed E-state index contributed by atoms with van der Waals surface area (Å²) in [6, 6.07) is 1.68. The summed E-state index contributed by atoms with van der Waals surface area (Å²) in [5.41, 5.74) is -0.527. The molecule has 6 nitrogen and oxygen atoms in total. The third-order valence-corrected chi connectivity index (χ3v) is 2.90. The van der Waals surface area contributed by atoms with Gasteiger partial charge in [-0.05, 0) is 27.7 Å². The van der Waals surface area contributed by atoms with Gasteiger partial charge < -0.3 is 15.4 Å². The maximum atomic E-state index is 11.7. The third kappa shape index (κ3) is 5.45. The van der Waals surface area contributed by atoms with E-state index < -0.39 is 11.7 Å². The fourth-order valence-corrected chi connectivity index (χ4v) is 2.04. The highest BCUT2D eigenvalue weighted by atomic mass is 16.6. The molecule has 1 aliphatic heterocycles. The van der Waals surface area contributed by atoms with E-state index in [9.17, 15) is 10.1 Å². The molecule has 0 spiro atoms. The summed E-state index contributed by atoms with van der Waals surface area (Å²) in [5, 5.41) is 15.3. The van der Waals surface area contributed by atoms with Crippen LogP contribution in [0.5, 0.6) is 0 Å². The van der Waals surface area contributed by atoms with Crippen LogP contribution >= 0.6 is 0 Å². The smallest absolute Gasteiger partial charge is 0.407 e. The molecule has 2 atom stereocenters. The number of carbonyl (C=O) groups is 1. The number of nitrogens with one attached hydrogen (secondary N) is 2. The molecule has 0 radical (unpaired) electrons. The predicted molar refractivity (Wildman–Crippen MR) is 72.7 cm³/mol. The molecule has 1 saturated heterocycles. The summed E-state index contributed by atoms with van der Waals surface area (Å²) in [6.45, 7) is 10.7. The van der Waals surface area contributed by atoms with Crippen LogP contribution in [0.4, 0.5) is 4.79 Å². The Morgan fingerprint density at radius 1 is 1.42 bits per heavy atom. The van der Waals surface area contributed by atoms with Crippen LogP contribution in [0, 0.1) is 11.3 Å². The van der Waals surface area contributed by atoms with E-state index >= 15 is 0 Å². The highest BCUT2D eigenvalue weighted by Crippen LogP contribution is 2.09. The van der Waals surface area contributed by atoms with Crippen molar-refractivity contribution >= 4 is 6.09 Å². The minimum Gasteiger partial charge on any atom is -0.444 e. The van der Waals surface area contributed by atoms with Crippen LogP contribution in [0.1, 0.15) is 27.7 Å². The highest BCUT2D eigenvalue weighted by Gasteiger charge is 2.28. The molecular formula is C13H24N4O2. The van der Waals surface area contributed by atoms with Gasteiger partial charge in [-0.25, -0.2) is 4.79 Å². The average Bonchev–Trinajstić information content (AvgIpc) is 2.28. The van der Waals surface area contributed by atoms with Crippen molar-refractivity contribution in [3.8, 4) is 6.07 Å². The van der Waals surface area contributed by atoms with Gasteiger partial charge in [0.2, 0.25) is 0 Å². The lowest BCUT2D eigenvalue weighted by atomic mass is 10.1. The van der Waals surface area contributed by atoms with E-state index in [2.05, 4.69) is 21.6 Å². The summed E-state index contributed by atoms with van der Waals surface area (Å²) in [5.74, 6) is 0. The molecule has 1 heterocycles. The van der Waals surface area contributed by atoms with Crippen LogP contribution in [0.25, 0.3) is 0 Å². The third-order valence-electron chi connectivity index (χ3n) is 2.90. The molecule has 0 aromatic rings. The van der Waals surface area contributed by atoms with Gasteiger partial charge in [0.25, 0.3) is 0 Å². The minimum atomic E-state index is -0.527. The van der Waals surface area contributed by atoms with Gasteiger partial charge in [-0.1, -0.05) is 0 Å². The standard InChI is InChI=1S/C13H24N4O2/c1-10(16-12(18)19-13(2,3)4)11(9-14)17-7-5-15-6-8-17/h10-11,15H,5-8H2,1-4H3,(H,16,18). The lowest BCUT2D eigenvalue weighted by Gasteiger charge is -2.34. The van der Waals surface area contributed by atoms with Crippen LogP contribution in [-0.4, -0.2) is 54.9 Å². The van der Waals surface area contributed by atoms with E-state index in [4.69, 9.17) is 4.74 Å². The van der Waals surface area contributed by atoms with Gasteiger partial charge in [0, 0.05) is 26.2 Å². The van der Waals surface area contributed by atoms with Crippen molar-refractivity contribution in [1.29, 1.82) is 5.26 Å². The molecule has 2 unspecified atom stereocenters. The van der Waals surface area contributed by atoms with Gasteiger partial charge in [-0.15, -0.1) is 0 Å². The van der Waals surface area contributed by atoms with Crippen molar-refractivity contribution in [3.05, 3.63) is 0 Å². The molecule has 1 fully saturated rings. The molecule has 6 heteroatoms. The van der Waals surface area contributed by atoms with E-state index in [1.165, 1.54) is 0 Å². The Morgan fingerprint density at radius 3 is 2.47 bits per heavy atom. The Kier molecular flexibility index (Phi) is 5.58. The highest BCUT2D eigenvalue weighted by molar-refractivity contribution is 5.68. The van der Waals surface area contributed by atoms with E-state index in [0.29, 0.717) is 0 Å². The Bertz CT molecular complexity index is 340. The fourth-order valence-electron chi connectivity index (χ4n) is 2.04. The fraction of sp³-hybridized carbons (Fsp3) is 0.846. The molecule has 1 amide bonds. The number of hydrogen-bond acceptors (Lipinski definition) is 5. The first-order chi connectivity index (χ1) is 8.83. The van der Waals surface area contributed by atoms with E-state index in [0.717, 1.165) is 26.2 Å². The zero-order valence-electron chi connectivity index (χ0n) is 12.2. The van der Waals surface area contributed by atoms with Crippen molar-refractivity contribution in [2.45, 2.75) is 45.4 Å². The molecule has 0 aromatic carbocycles. The number of ether oxygens (including phenoxy) is 1. The molecule has 0 saturated carbocycles. The van der Waals surface area contributed by atoms with E-state index in [1.54, 1.807) is 0 Å². The molecule has 19 heavy (non-hydrogen) atoms. The van der Waals surface area contributed by atoms with Crippen molar-refractivity contribution < 1.29 is 9.53 Å². The first kappa shape index (κ1) is 15.7. The Labute approximate surface area is 115 Å². The number of amides is 1. The van der Waals surface area contributed by atoms with Gasteiger partial charge in [-0.2, -0.15) is 5.26 Å². The van der Waals surface area contributed by atoms with Crippen LogP contribution in [0.3, 0.4) is 0 Å². The summed E-state index contributed by atoms with van der Waals surface area (Å²) in [4.78, 5) is 13.8.